The van der Waals surface area contributed by atoms with Gasteiger partial charge in [-0.05, 0) is 30.7 Å². The molecule has 0 bridgehead atoms. The lowest BCUT2D eigenvalue weighted by Gasteiger charge is -2.15. The predicted octanol–water partition coefficient (Wildman–Crippen LogP) is 3.73. The van der Waals surface area contributed by atoms with Crippen LogP contribution in [0.1, 0.15) is 24.1 Å². The maximum Gasteiger partial charge on any atom is 0.0992 e. The maximum absolute atomic E-state index is 8.84. The van der Waals surface area contributed by atoms with Crippen LogP contribution in [0.15, 0.2) is 54.6 Å². The van der Waals surface area contributed by atoms with E-state index in [4.69, 9.17) is 5.26 Å². The molecule has 84 valence electrons. The van der Waals surface area contributed by atoms with E-state index in [1.54, 1.807) is 6.07 Å². The first-order valence-corrected chi connectivity index (χ1v) is 5.61. The Morgan fingerprint density at radius 3 is 2.53 bits per heavy atom. The number of hydrogen-bond acceptors (Lipinski definition) is 2. The number of nitrogens with zero attached hydrogens (tertiary/aromatic N) is 1. The highest BCUT2D eigenvalue weighted by molar-refractivity contribution is 5.50. The third kappa shape index (κ3) is 2.85. The fourth-order valence-corrected chi connectivity index (χ4v) is 1.75. The van der Waals surface area contributed by atoms with Crippen molar-refractivity contribution < 1.29 is 0 Å². The van der Waals surface area contributed by atoms with E-state index >= 15 is 0 Å². The molecule has 0 spiro atoms. The van der Waals surface area contributed by atoms with E-state index in [1.165, 1.54) is 5.56 Å². The minimum absolute atomic E-state index is 0.227. The van der Waals surface area contributed by atoms with E-state index in [-0.39, 0.29) is 6.04 Å². The molecule has 1 N–H and O–H groups in total. The number of anilines is 1. The second kappa shape index (κ2) is 5.18. The number of rotatable bonds is 3. The summed E-state index contributed by atoms with van der Waals surface area (Å²) >= 11 is 0. The van der Waals surface area contributed by atoms with Gasteiger partial charge in [0, 0.05) is 11.7 Å². The topological polar surface area (TPSA) is 35.8 Å². The summed E-state index contributed by atoms with van der Waals surface area (Å²) in [5, 5.41) is 12.2. The molecule has 0 unspecified atom stereocenters. The molecule has 0 heterocycles. The van der Waals surface area contributed by atoms with Crippen molar-refractivity contribution in [1.82, 2.24) is 0 Å². The zero-order valence-corrected chi connectivity index (χ0v) is 9.72. The summed E-state index contributed by atoms with van der Waals surface area (Å²) in [5.74, 6) is 0. The second-order valence-electron chi connectivity index (χ2n) is 3.97. The zero-order chi connectivity index (χ0) is 12.1. The molecule has 0 aromatic heterocycles. The van der Waals surface area contributed by atoms with E-state index in [0.717, 1.165) is 5.69 Å². The Labute approximate surface area is 102 Å². The van der Waals surface area contributed by atoms with Crippen molar-refractivity contribution in [3.8, 4) is 6.07 Å². The fraction of sp³-hybridized carbons (Fsp3) is 0.133. The summed E-state index contributed by atoms with van der Waals surface area (Å²) < 4.78 is 0. The highest BCUT2D eigenvalue weighted by Gasteiger charge is 2.04. The summed E-state index contributed by atoms with van der Waals surface area (Å²) in [7, 11) is 0. The lowest BCUT2D eigenvalue weighted by atomic mass is 10.1. The average molecular weight is 222 g/mol. The van der Waals surface area contributed by atoms with Crippen LogP contribution in [0.3, 0.4) is 0 Å². The third-order valence-corrected chi connectivity index (χ3v) is 2.67. The van der Waals surface area contributed by atoms with Gasteiger partial charge in [-0.25, -0.2) is 0 Å². The van der Waals surface area contributed by atoms with E-state index < -0.39 is 0 Å². The minimum atomic E-state index is 0.227. The van der Waals surface area contributed by atoms with Crippen LogP contribution in [-0.2, 0) is 0 Å². The SMILES string of the molecule is C[C@H](Nc1cccc(C#N)c1)c1ccccc1. The lowest BCUT2D eigenvalue weighted by Crippen LogP contribution is -2.06. The van der Waals surface area contributed by atoms with E-state index in [2.05, 4.69) is 30.4 Å². The van der Waals surface area contributed by atoms with Crippen molar-refractivity contribution >= 4 is 5.69 Å². The number of nitrogens with one attached hydrogen (secondary N) is 1. The molecule has 2 aromatic rings. The second-order valence-corrected chi connectivity index (χ2v) is 3.97. The first-order valence-electron chi connectivity index (χ1n) is 5.61. The summed E-state index contributed by atoms with van der Waals surface area (Å²) in [6.07, 6.45) is 0. The van der Waals surface area contributed by atoms with Gasteiger partial charge >= 0.3 is 0 Å². The monoisotopic (exact) mass is 222 g/mol. The van der Waals surface area contributed by atoms with Gasteiger partial charge in [0.1, 0.15) is 0 Å². The zero-order valence-electron chi connectivity index (χ0n) is 9.72. The van der Waals surface area contributed by atoms with Crippen LogP contribution in [0.25, 0.3) is 0 Å². The van der Waals surface area contributed by atoms with Gasteiger partial charge in [-0.1, -0.05) is 36.4 Å². The van der Waals surface area contributed by atoms with Gasteiger partial charge in [0.2, 0.25) is 0 Å². The molecule has 0 aliphatic rings. The van der Waals surface area contributed by atoms with Crippen LogP contribution in [-0.4, -0.2) is 0 Å². The van der Waals surface area contributed by atoms with Gasteiger partial charge in [-0.3, -0.25) is 0 Å². The molecule has 2 nitrogen and oxygen atoms in total. The fourth-order valence-electron chi connectivity index (χ4n) is 1.75. The van der Waals surface area contributed by atoms with Crippen LogP contribution in [0.5, 0.6) is 0 Å². The Morgan fingerprint density at radius 1 is 1.06 bits per heavy atom. The average Bonchev–Trinajstić information content (AvgIpc) is 2.40. The Kier molecular flexibility index (Phi) is 3.42. The lowest BCUT2D eigenvalue weighted by molar-refractivity contribution is 0.885. The van der Waals surface area contributed by atoms with Crippen molar-refractivity contribution in [2.75, 3.05) is 5.32 Å². The van der Waals surface area contributed by atoms with Crippen molar-refractivity contribution in [3.63, 3.8) is 0 Å². The molecule has 17 heavy (non-hydrogen) atoms. The van der Waals surface area contributed by atoms with Crippen LogP contribution >= 0.6 is 0 Å². The number of nitriles is 1. The van der Waals surface area contributed by atoms with Gasteiger partial charge in [-0.2, -0.15) is 5.26 Å². The Bertz CT molecular complexity index is 526. The quantitative estimate of drug-likeness (QED) is 0.858. The number of benzene rings is 2. The van der Waals surface area contributed by atoms with Gasteiger partial charge in [0.05, 0.1) is 11.6 Å². The molecule has 0 radical (unpaired) electrons. The molecule has 1 atom stereocenters. The van der Waals surface area contributed by atoms with Crippen LogP contribution in [0.2, 0.25) is 0 Å². The molecule has 0 saturated carbocycles. The normalized spacial score (nSPS) is 11.5. The highest BCUT2D eigenvalue weighted by Crippen LogP contribution is 2.19. The van der Waals surface area contributed by atoms with Crippen molar-refractivity contribution in [2.45, 2.75) is 13.0 Å². The van der Waals surface area contributed by atoms with Crippen LogP contribution in [0, 0.1) is 11.3 Å². The van der Waals surface area contributed by atoms with Crippen molar-refractivity contribution in [1.29, 1.82) is 5.26 Å². The van der Waals surface area contributed by atoms with E-state index in [1.807, 2.05) is 36.4 Å². The minimum Gasteiger partial charge on any atom is -0.378 e. The molecular formula is C15H14N2. The first kappa shape index (κ1) is 11.2. The highest BCUT2D eigenvalue weighted by atomic mass is 14.9. The van der Waals surface area contributed by atoms with Crippen molar-refractivity contribution in [3.05, 3.63) is 65.7 Å². The maximum atomic E-state index is 8.84. The summed E-state index contributed by atoms with van der Waals surface area (Å²) in [6, 6.07) is 20.1. The Balaban J connectivity index is 2.13. The van der Waals surface area contributed by atoms with Crippen LogP contribution in [0.4, 0.5) is 5.69 Å². The smallest absolute Gasteiger partial charge is 0.0992 e. The summed E-state index contributed by atoms with van der Waals surface area (Å²) in [6.45, 7) is 2.11. The molecular weight excluding hydrogens is 208 g/mol. The largest absolute Gasteiger partial charge is 0.378 e. The predicted molar refractivity (Wildman–Crippen MR) is 69.6 cm³/mol. The molecule has 2 aromatic carbocycles. The molecule has 2 heteroatoms. The van der Waals surface area contributed by atoms with Gasteiger partial charge in [0.25, 0.3) is 0 Å². The third-order valence-electron chi connectivity index (χ3n) is 2.67. The van der Waals surface area contributed by atoms with Gasteiger partial charge in [-0.15, -0.1) is 0 Å². The molecule has 0 aliphatic carbocycles. The summed E-state index contributed by atoms with van der Waals surface area (Å²) in [4.78, 5) is 0. The molecule has 0 aliphatic heterocycles. The molecule has 0 fully saturated rings. The first-order chi connectivity index (χ1) is 8.29. The standard InChI is InChI=1S/C15H14N2/c1-12(14-7-3-2-4-8-14)17-15-9-5-6-13(10-15)11-16/h2-10,12,17H,1H3/t12-/m0/s1. The molecule has 0 amide bonds. The van der Waals surface area contributed by atoms with Crippen LogP contribution < -0.4 is 5.32 Å². The Hall–Kier alpha value is -2.27. The Morgan fingerprint density at radius 2 is 1.82 bits per heavy atom. The van der Waals surface area contributed by atoms with Gasteiger partial charge in [0.15, 0.2) is 0 Å². The van der Waals surface area contributed by atoms with E-state index in [0.29, 0.717) is 5.56 Å². The van der Waals surface area contributed by atoms with Crippen molar-refractivity contribution in [2.24, 2.45) is 0 Å². The molecule has 0 saturated heterocycles. The van der Waals surface area contributed by atoms with E-state index in [9.17, 15) is 0 Å². The van der Waals surface area contributed by atoms with Gasteiger partial charge < -0.3 is 5.32 Å². The summed E-state index contributed by atoms with van der Waals surface area (Å²) in [5.41, 5.74) is 2.88. The number of hydrogen-bond donors (Lipinski definition) is 1. The molecule has 2 rings (SSSR count).